The summed E-state index contributed by atoms with van der Waals surface area (Å²) in [5.74, 6) is -1.01. The molecule has 0 radical (unpaired) electrons. The number of hydrogen-bond acceptors (Lipinski definition) is 6. The summed E-state index contributed by atoms with van der Waals surface area (Å²) < 4.78 is 16.8. The van der Waals surface area contributed by atoms with Gasteiger partial charge in [-0.25, -0.2) is 0 Å². The van der Waals surface area contributed by atoms with Crippen LogP contribution in [-0.4, -0.2) is 37.2 Å². The zero-order valence-corrected chi connectivity index (χ0v) is 44.2. The largest absolute Gasteiger partial charge is 0.462 e. The van der Waals surface area contributed by atoms with Gasteiger partial charge in [0, 0.05) is 19.3 Å². The van der Waals surface area contributed by atoms with Gasteiger partial charge in [0.25, 0.3) is 0 Å². The van der Waals surface area contributed by atoms with E-state index in [1.54, 1.807) is 0 Å². The molecule has 0 amide bonds. The van der Waals surface area contributed by atoms with Crippen LogP contribution in [0, 0.1) is 0 Å². The van der Waals surface area contributed by atoms with Crippen molar-refractivity contribution >= 4 is 17.9 Å². The lowest BCUT2D eigenvalue weighted by molar-refractivity contribution is -0.167. The third-order valence-corrected chi connectivity index (χ3v) is 10.8. The second-order valence-electron chi connectivity index (χ2n) is 17.4. The van der Waals surface area contributed by atoms with Crippen LogP contribution in [0.5, 0.6) is 0 Å². The smallest absolute Gasteiger partial charge is 0.306 e. The normalized spacial score (nSPS) is 13.5. The Bertz CT molecular complexity index is 1670. The van der Waals surface area contributed by atoms with Crippen LogP contribution in [0.15, 0.2) is 170 Å². The Hall–Kier alpha value is -5.23. The van der Waals surface area contributed by atoms with Gasteiger partial charge in [0.15, 0.2) is 6.10 Å². The molecule has 0 bridgehead atoms. The standard InChI is InChI=1S/C64H96O6/c1-4-7-10-13-16-19-22-25-28-30-32-34-36-39-42-45-48-51-54-57-63(66)69-60-61(59-68-62(65)56-53-50-47-44-41-38-35-27-24-21-18-15-12-9-6-3)70-64(67)58-55-52-49-46-43-40-37-33-31-29-26-23-20-17-14-11-8-5-2/h7,10-11,13-14,16-34,36-37,39,42,61H,4-6,8-9,12,15,35,38,40-41,43-60H2,1-3H3/b10-7-,14-11-,16-13-,20-17-,21-18-,22-19-,26-23-,27-24-,28-25-,31-29-,32-30+,36-34-,37-33-,42-39-. The topological polar surface area (TPSA) is 78.9 Å². The second kappa shape index (κ2) is 56.4. The lowest BCUT2D eigenvalue weighted by atomic mass is 10.1. The van der Waals surface area contributed by atoms with Crippen LogP contribution < -0.4 is 0 Å². The number of esters is 3. The van der Waals surface area contributed by atoms with Crippen LogP contribution >= 0.6 is 0 Å². The molecule has 0 aromatic heterocycles. The number of carbonyl (C=O) groups excluding carboxylic acids is 3. The Morgan fingerprint density at radius 2 is 0.586 bits per heavy atom. The predicted molar refractivity (Wildman–Crippen MR) is 301 cm³/mol. The first kappa shape index (κ1) is 64.8. The monoisotopic (exact) mass is 961 g/mol. The van der Waals surface area contributed by atoms with Gasteiger partial charge in [0.2, 0.25) is 0 Å². The van der Waals surface area contributed by atoms with Crippen LogP contribution in [-0.2, 0) is 28.6 Å². The fourth-order valence-corrected chi connectivity index (χ4v) is 6.68. The molecule has 1 unspecified atom stereocenters. The zero-order valence-electron chi connectivity index (χ0n) is 44.2. The van der Waals surface area contributed by atoms with E-state index in [-0.39, 0.29) is 44.0 Å². The van der Waals surface area contributed by atoms with Crippen molar-refractivity contribution < 1.29 is 28.6 Å². The maximum atomic E-state index is 12.8. The molecule has 0 saturated heterocycles. The highest BCUT2D eigenvalue weighted by Gasteiger charge is 2.19. The lowest BCUT2D eigenvalue weighted by Crippen LogP contribution is -2.30. The molecule has 0 spiro atoms. The summed E-state index contributed by atoms with van der Waals surface area (Å²) in [4.78, 5) is 38.1. The van der Waals surface area contributed by atoms with Gasteiger partial charge in [-0.3, -0.25) is 14.4 Å². The van der Waals surface area contributed by atoms with Crippen LogP contribution in [0.4, 0.5) is 0 Å². The molecule has 0 aliphatic heterocycles. The molecule has 0 aromatic rings. The molecular weight excluding hydrogens is 865 g/mol. The minimum absolute atomic E-state index is 0.119. The Labute approximate surface area is 428 Å². The maximum Gasteiger partial charge on any atom is 0.306 e. The summed E-state index contributed by atoms with van der Waals surface area (Å²) in [6.07, 6.45) is 83.2. The first-order valence-corrected chi connectivity index (χ1v) is 27.3. The number of unbranched alkanes of at least 4 members (excludes halogenated alkanes) is 18. The second-order valence-corrected chi connectivity index (χ2v) is 17.4. The highest BCUT2D eigenvalue weighted by Crippen LogP contribution is 2.13. The summed E-state index contributed by atoms with van der Waals surface area (Å²) >= 11 is 0. The van der Waals surface area contributed by atoms with Gasteiger partial charge in [-0.15, -0.1) is 0 Å². The molecule has 0 rings (SSSR count). The Morgan fingerprint density at radius 3 is 0.957 bits per heavy atom. The average molecular weight is 961 g/mol. The molecule has 1 atom stereocenters. The first-order valence-electron chi connectivity index (χ1n) is 27.3. The quantitative estimate of drug-likeness (QED) is 0.0262. The van der Waals surface area contributed by atoms with Crippen molar-refractivity contribution in [2.24, 2.45) is 0 Å². The number of ether oxygens (including phenoxy) is 3. The highest BCUT2D eigenvalue weighted by molar-refractivity contribution is 5.71. The molecule has 6 heteroatoms. The van der Waals surface area contributed by atoms with Crippen molar-refractivity contribution in [1.82, 2.24) is 0 Å². The molecule has 0 N–H and O–H groups in total. The molecule has 0 saturated carbocycles. The van der Waals surface area contributed by atoms with E-state index >= 15 is 0 Å². The summed E-state index contributed by atoms with van der Waals surface area (Å²) in [5, 5.41) is 0. The highest BCUT2D eigenvalue weighted by atomic mass is 16.6. The fourth-order valence-electron chi connectivity index (χ4n) is 6.68. The maximum absolute atomic E-state index is 12.8. The van der Waals surface area contributed by atoms with E-state index in [0.717, 1.165) is 109 Å². The van der Waals surface area contributed by atoms with Gasteiger partial charge < -0.3 is 14.2 Å². The van der Waals surface area contributed by atoms with Gasteiger partial charge in [-0.2, -0.15) is 0 Å². The Kier molecular flexibility index (Phi) is 52.1. The summed E-state index contributed by atoms with van der Waals surface area (Å²) in [5.41, 5.74) is 0. The number of carbonyl (C=O) groups is 3. The minimum atomic E-state index is -0.826. The molecule has 388 valence electrons. The predicted octanol–water partition coefficient (Wildman–Crippen LogP) is 18.4. The van der Waals surface area contributed by atoms with Gasteiger partial charge in [0.05, 0.1) is 0 Å². The van der Waals surface area contributed by atoms with Crippen molar-refractivity contribution in [3.05, 3.63) is 170 Å². The first-order chi connectivity index (χ1) is 34.5. The van der Waals surface area contributed by atoms with Crippen molar-refractivity contribution in [1.29, 1.82) is 0 Å². The molecule has 6 nitrogen and oxygen atoms in total. The molecule has 0 aliphatic rings. The van der Waals surface area contributed by atoms with E-state index < -0.39 is 6.10 Å². The molecule has 0 fully saturated rings. The van der Waals surface area contributed by atoms with Gasteiger partial charge in [-0.1, -0.05) is 262 Å². The zero-order chi connectivity index (χ0) is 50.7. The van der Waals surface area contributed by atoms with E-state index in [2.05, 4.69) is 81.5 Å². The summed E-state index contributed by atoms with van der Waals surface area (Å²) in [6, 6.07) is 0. The van der Waals surface area contributed by atoms with Gasteiger partial charge >= 0.3 is 17.9 Å². The number of hydrogen-bond donors (Lipinski definition) is 0. The van der Waals surface area contributed by atoms with Crippen molar-refractivity contribution in [3.8, 4) is 0 Å². The van der Waals surface area contributed by atoms with Gasteiger partial charge in [0.1, 0.15) is 13.2 Å². The summed E-state index contributed by atoms with van der Waals surface area (Å²) in [7, 11) is 0. The van der Waals surface area contributed by atoms with Crippen LogP contribution in [0.1, 0.15) is 194 Å². The SMILES string of the molecule is CC\C=C/C=C\C=C/C=C\C=C\C=C/C=C\CCCCCC(=O)OCC(COC(=O)CCCCCCCC/C=C\C=C/CCCCC)OC(=O)CCCCCCC\C=C/C=C\C=C/C=C\C=C/CCC. The third-order valence-electron chi connectivity index (χ3n) is 10.8. The number of allylic oxidation sites excluding steroid dienone is 28. The van der Waals surface area contributed by atoms with Crippen molar-refractivity contribution in [3.63, 3.8) is 0 Å². The fraction of sp³-hybridized carbons (Fsp3) is 0.516. The summed E-state index contributed by atoms with van der Waals surface area (Å²) in [6.45, 7) is 6.28. The minimum Gasteiger partial charge on any atom is -0.462 e. The number of rotatable bonds is 46. The van der Waals surface area contributed by atoms with E-state index in [1.807, 2.05) is 109 Å². The van der Waals surface area contributed by atoms with Gasteiger partial charge in [-0.05, 0) is 83.5 Å². The Morgan fingerprint density at radius 1 is 0.300 bits per heavy atom. The molecule has 0 heterocycles. The van der Waals surface area contributed by atoms with Crippen LogP contribution in [0.3, 0.4) is 0 Å². The van der Waals surface area contributed by atoms with E-state index in [9.17, 15) is 14.4 Å². The van der Waals surface area contributed by atoms with E-state index in [1.165, 1.54) is 38.5 Å². The third kappa shape index (κ3) is 53.7. The van der Waals surface area contributed by atoms with Crippen LogP contribution in [0.2, 0.25) is 0 Å². The molecular formula is C64H96O6. The van der Waals surface area contributed by atoms with Crippen LogP contribution in [0.25, 0.3) is 0 Å². The van der Waals surface area contributed by atoms with Crippen molar-refractivity contribution in [2.45, 2.75) is 200 Å². The van der Waals surface area contributed by atoms with E-state index in [0.29, 0.717) is 12.8 Å². The lowest BCUT2D eigenvalue weighted by Gasteiger charge is -2.18. The molecule has 70 heavy (non-hydrogen) atoms. The van der Waals surface area contributed by atoms with Crippen molar-refractivity contribution in [2.75, 3.05) is 13.2 Å². The van der Waals surface area contributed by atoms with E-state index in [4.69, 9.17) is 14.2 Å². The molecule has 0 aliphatic carbocycles. The molecule has 0 aromatic carbocycles. The average Bonchev–Trinajstić information content (AvgIpc) is 3.36. The Balaban J connectivity index is 4.62.